The lowest BCUT2D eigenvalue weighted by atomic mass is 10.0. The van der Waals surface area contributed by atoms with Gasteiger partial charge in [0, 0.05) is 5.56 Å². The third kappa shape index (κ3) is 5.02. The third-order valence-electron chi connectivity index (χ3n) is 4.79. The van der Waals surface area contributed by atoms with Crippen LogP contribution >= 0.6 is 24.0 Å². The molecule has 0 bridgehead atoms. The molecular weight excluding hydrogens is 426 g/mol. The summed E-state index contributed by atoms with van der Waals surface area (Å²) < 4.78 is 12.2. The normalized spacial score (nSPS) is 15.0. The standard InChI is InChI=1S/C25H27NO3S2/c1-6-9-19-13-18(14-21(28-7-2)23(19)29-8-3)15-22-24(27)26(25(30)31-22)20-11-10-16(4)12-17(20)5/h6,10-15H,1,7-9H2,2-5H3/b22-15-. The number of anilines is 1. The van der Waals surface area contributed by atoms with E-state index in [2.05, 4.69) is 12.6 Å². The highest BCUT2D eigenvalue weighted by molar-refractivity contribution is 8.27. The zero-order valence-electron chi connectivity index (χ0n) is 18.4. The molecule has 0 unspecified atom stereocenters. The van der Waals surface area contributed by atoms with Crippen molar-refractivity contribution in [3.63, 3.8) is 0 Å². The van der Waals surface area contributed by atoms with Crippen molar-refractivity contribution >= 4 is 46.0 Å². The predicted octanol–water partition coefficient (Wildman–Crippen LogP) is 6.24. The van der Waals surface area contributed by atoms with Crippen LogP contribution in [0.15, 0.2) is 47.9 Å². The van der Waals surface area contributed by atoms with Crippen LogP contribution in [-0.2, 0) is 11.2 Å². The minimum Gasteiger partial charge on any atom is -0.490 e. The van der Waals surface area contributed by atoms with E-state index < -0.39 is 0 Å². The highest BCUT2D eigenvalue weighted by atomic mass is 32.2. The smallest absolute Gasteiger partial charge is 0.270 e. The Morgan fingerprint density at radius 2 is 1.87 bits per heavy atom. The van der Waals surface area contributed by atoms with E-state index in [4.69, 9.17) is 21.7 Å². The largest absolute Gasteiger partial charge is 0.490 e. The van der Waals surface area contributed by atoms with Gasteiger partial charge < -0.3 is 9.47 Å². The molecule has 0 radical (unpaired) electrons. The third-order valence-corrected chi connectivity index (χ3v) is 6.09. The molecule has 1 fully saturated rings. The number of allylic oxidation sites excluding steroid dienone is 1. The van der Waals surface area contributed by atoms with Crippen LogP contribution in [0.5, 0.6) is 11.5 Å². The van der Waals surface area contributed by atoms with Gasteiger partial charge in [-0.1, -0.05) is 47.8 Å². The number of nitrogens with zero attached hydrogens (tertiary/aromatic N) is 1. The summed E-state index contributed by atoms with van der Waals surface area (Å²) in [7, 11) is 0. The fourth-order valence-corrected chi connectivity index (χ4v) is 4.81. The number of amides is 1. The molecule has 6 heteroatoms. The molecule has 0 N–H and O–H groups in total. The molecule has 0 aromatic heterocycles. The number of aryl methyl sites for hydroxylation is 2. The van der Waals surface area contributed by atoms with Crippen molar-refractivity contribution < 1.29 is 14.3 Å². The molecule has 0 saturated carbocycles. The molecule has 31 heavy (non-hydrogen) atoms. The minimum absolute atomic E-state index is 0.112. The molecule has 2 aromatic rings. The molecule has 4 nitrogen and oxygen atoms in total. The Hall–Kier alpha value is -2.57. The van der Waals surface area contributed by atoms with Crippen molar-refractivity contribution in [3.8, 4) is 11.5 Å². The number of hydrogen-bond donors (Lipinski definition) is 0. The second-order valence-corrected chi connectivity index (χ2v) is 8.85. The molecule has 1 amide bonds. The minimum atomic E-state index is -0.112. The van der Waals surface area contributed by atoms with Crippen LogP contribution in [0.3, 0.4) is 0 Å². The van der Waals surface area contributed by atoms with Gasteiger partial charge in [-0.25, -0.2) is 0 Å². The Bertz CT molecular complexity index is 1060. The van der Waals surface area contributed by atoms with E-state index >= 15 is 0 Å². The van der Waals surface area contributed by atoms with Crippen molar-refractivity contribution in [2.75, 3.05) is 18.1 Å². The first-order chi connectivity index (χ1) is 14.9. The van der Waals surface area contributed by atoms with Gasteiger partial charge in [0.25, 0.3) is 5.91 Å². The maximum Gasteiger partial charge on any atom is 0.270 e. The Morgan fingerprint density at radius 3 is 2.52 bits per heavy atom. The Balaban J connectivity index is 2.01. The van der Waals surface area contributed by atoms with Crippen molar-refractivity contribution in [1.82, 2.24) is 0 Å². The number of carbonyl (C=O) groups is 1. The van der Waals surface area contributed by atoms with Crippen molar-refractivity contribution in [1.29, 1.82) is 0 Å². The molecule has 0 atom stereocenters. The maximum atomic E-state index is 13.2. The summed E-state index contributed by atoms with van der Waals surface area (Å²) in [4.78, 5) is 15.4. The molecule has 1 aliphatic rings. The van der Waals surface area contributed by atoms with Crippen LogP contribution < -0.4 is 14.4 Å². The lowest BCUT2D eigenvalue weighted by molar-refractivity contribution is -0.113. The summed E-state index contributed by atoms with van der Waals surface area (Å²) in [5.74, 6) is 1.28. The number of carbonyl (C=O) groups excluding carboxylic acids is 1. The number of thiocarbonyl (C=S) groups is 1. The highest BCUT2D eigenvalue weighted by Crippen LogP contribution is 2.39. The monoisotopic (exact) mass is 453 g/mol. The van der Waals surface area contributed by atoms with Gasteiger partial charge in [0.1, 0.15) is 0 Å². The summed E-state index contributed by atoms with van der Waals surface area (Å²) in [5.41, 5.74) is 4.83. The average molecular weight is 454 g/mol. The Labute approximate surface area is 193 Å². The van der Waals surface area contributed by atoms with E-state index in [-0.39, 0.29) is 5.91 Å². The zero-order chi connectivity index (χ0) is 22.5. The van der Waals surface area contributed by atoms with Gasteiger partial charge in [-0.05, 0) is 69.5 Å². The SMILES string of the molecule is C=CCc1cc(/C=C2\SC(=S)N(c3ccc(C)cc3C)C2=O)cc(OCC)c1OCC. The van der Waals surface area contributed by atoms with Gasteiger partial charge in [-0.2, -0.15) is 0 Å². The molecule has 3 rings (SSSR count). The fourth-order valence-electron chi connectivity index (χ4n) is 3.53. The average Bonchev–Trinajstić information content (AvgIpc) is 2.98. The molecule has 162 valence electrons. The van der Waals surface area contributed by atoms with Crippen LogP contribution in [0.25, 0.3) is 6.08 Å². The lowest BCUT2D eigenvalue weighted by Crippen LogP contribution is -2.28. The van der Waals surface area contributed by atoms with Crippen LogP contribution in [0, 0.1) is 13.8 Å². The first-order valence-corrected chi connectivity index (χ1v) is 11.5. The van der Waals surface area contributed by atoms with E-state index in [1.165, 1.54) is 11.8 Å². The summed E-state index contributed by atoms with van der Waals surface area (Å²) in [6, 6.07) is 9.92. The van der Waals surface area contributed by atoms with Gasteiger partial charge in [0.05, 0.1) is 23.8 Å². The molecule has 2 aromatic carbocycles. The summed E-state index contributed by atoms with van der Waals surface area (Å²) >= 11 is 6.86. The molecule has 1 saturated heterocycles. The van der Waals surface area contributed by atoms with Crippen LogP contribution in [-0.4, -0.2) is 23.4 Å². The van der Waals surface area contributed by atoms with Crippen molar-refractivity contribution in [2.24, 2.45) is 0 Å². The second-order valence-electron chi connectivity index (χ2n) is 7.17. The number of ether oxygens (including phenoxy) is 2. The summed E-state index contributed by atoms with van der Waals surface area (Å²) in [6.07, 6.45) is 4.34. The van der Waals surface area contributed by atoms with E-state index in [1.54, 1.807) is 4.90 Å². The number of thioether (sulfide) groups is 1. The van der Waals surface area contributed by atoms with Gasteiger partial charge in [-0.3, -0.25) is 9.69 Å². The van der Waals surface area contributed by atoms with Crippen LogP contribution in [0.1, 0.15) is 36.1 Å². The topological polar surface area (TPSA) is 38.8 Å². The number of hydrogen-bond acceptors (Lipinski definition) is 5. The van der Waals surface area contributed by atoms with Gasteiger partial charge in [0.2, 0.25) is 0 Å². The van der Waals surface area contributed by atoms with E-state index in [0.717, 1.165) is 33.7 Å². The van der Waals surface area contributed by atoms with Crippen LogP contribution in [0.2, 0.25) is 0 Å². The zero-order valence-corrected chi connectivity index (χ0v) is 20.0. The number of rotatable bonds is 8. The maximum absolute atomic E-state index is 13.2. The first kappa shape index (κ1) is 23.1. The predicted molar refractivity (Wildman–Crippen MR) is 134 cm³/mol. The molecule has 1 aliphatic heterocycles. The fraction of sp³-hybridized carbons (Fsp3) is 0.280. The summed E-state index contributed by atoms with van der Waals surface area (Å²) in [6.45, 7) is 12.8. The van der Waals surface area contributed by atoms with Gasteiger partial charge in [-0.15, -0.1) is 6.58 Å². The van der Waals surface area contributed by atoms with E-state index in [1.807, 2.05) is 64.1 Å². The number of benzene rings is 2. The Morgan fingerprint density at radius 1 is 1.13 bits per heavy atom. The second kappa shape index (κ2) is 10.2. The van der Waals surface area contributed by atoms with Crippen LogP contribution in [0.4, 0.5) is 5.69 Å². The molecule has 0 aliphatic carbocycles. The van der Waals surface area contributed by atoms with Gasteiger partial charge in [0.15, 0.2) is 15.8 Å². The Kier molecular flexibility index (Phi) is 7.57. The van der Waals surface area contributed by atoms with E-state index in [0.29, 0.717) is 34.6 Å². The lowest BCUT2D eigenvalue weighted by Gasteiger charge is -2.17. The van der Waals surface area contributed by atoms with Crippen molar-refractivity contribution in [2.45, 2.75) is 34.1 Å². The van der Waals surface area contributed by atoms with Gasteiger partial charge >= 0.3 is 0 Å². The summed E-state index contributed by atoms with van der Waals surface area (Å²) in [5, 5.41) is 0. The first-order valence-electron chi connectivity index (χ1n) is 10.3. The quantitative estimate of drug-likeness (QED) is 0.269. The highest BCUT2D eigenvalue weighted by Gasteiger charge is 2.34. The van der Waals surface area contributed by atoms with E-state index in [9.17, 15) is 4.79 Å². The molecule has 0 spiro atoms. The molecule has 1 heterocycles. The molecular formula is C25H27NO3S2. The van der Waals surface area contributed by atoms with Crippen molar-refractivity contribution in [3.05, 3.63) is 70.1 Å².